The van der Waals surface area contributed by atoms with Crippen LogP contribution in [0.5, 0.6) is 0 Å². The smallest absolute Gasteiger partial charge is 0.227 e. The summed E-state index contributed by atoms with van der Waals surface area (Å²) in [6.07, 6.45) is 2.21. The van der Waals surface area contributed by atoms with Crippen molar-refractivity contribution in [1.29, 1.82) is 0 Å². The first kappa shape index (κ1) is 18.0. The van der Waals surface area contributed by atoms with Crippen molar-refractivity contribution in [3.8, 4) is 0 Å². The molecule has 2 aliphatic heterocycles. The molecule has 0 aromatic carbocycles. The minimum absolute atomic E-state index is 0. The zero-order chi connectivity index (χ0) is 11.4. The average molecular weight is 298 g/mol. The lowest BCUT2D eigenvalue weighted by Gasteiger charge is -2.36. The van der Waals surface area contributed by atoms with Gasteiger partial charge in [0.1, 0.15) is 0 Å². The van der Waals surface area contributed by atoms with Gasteiger partial charge < -0.3 is 15.1 Å². The molecule has 1 atom stereocenters. The largest absolute Gasteiger partial charge is 0.340 e. The first-order valence-corrected chi connectivity index (χ1v) is 6.53. The third-order valence-electron chi connectivity index (χ3n) is 3.78. The Kier molecular flexibility index (Phi) is 8.95. The lowest BCUT2D eigenvalue weighted by atomic mass is 9.98. The maximum absolute atomic E-state index is 12.2. The number of hydrogen-bond acceptors (Lipinski definition) is 3. The van der Waals surface area contributed by atoms with Crippen LogP contribution in [0.25, 0.3) is 0 Å². The van der Waals surface area contributed by atoms with Crippen LogP contribution < -0.4 is 5.32 Å². The van der Waals surface area contributed by atoms with E-state index in [1.807, 2.05) is 0 Å². The highest BCUT2D eigenvalue weighted by Gasteiger charge is 2.27. The quantitative estimate of drug-likeness (QED) is 0.826. The van der Waals surface area contributed by atoms with E-state index in [0.29, 0.717) is 5.91 Å². The first-order chi connectivity index (χ1) is 7.81. The molecular formula is C12H25Cl2N3O. The molecular weight excluding hydrogens is 273 g/mol. The van der Waals surface area contributed by atoms with Gasteiger partial charge in [-0.05, 0) is 25.9 Å². The molecule has 2 saturated heterocycles. The van der Waals surface area contributed by atoms with E-state index in [1.165, 1.54) is 0 Å². The Morgan fingerprint density at radius 1 is 1.22 bits per heavy atom. The zero-order valence-corrected chi connectivity index (χ0v) is 12.7. The number of likely N-dealkylation sites (N-methyl/N-ethyl adjacent to an activating group) is 1. The van der Waals surface area contributed by atoms with Crippen molar-refractivity contribution in [3.63, 3.8) is 0 Å². The lowest BCUT2D eigenvalue weighted by Crippen LogP contribution is -2.52. The third-order valence-corrected chi connectivity index (χ3v) is 3.78. The maximum atomic E-state index is 12.2. The number of rotatable bonds is 2. The standard InChI is InChI=1S/C12H23N3O.2ClH/c1-2-14-6-8-15(9-7-14)12(16)11-4-3-5-13-10-11;;/h11,13H,2-10H2,1H3;2*1H. The van der Waals surface area contributed by atoms with Gasteiger partial charge in [0.2, 0.25) is 5.91 Å². The summed E-state index contributed by atoms with van der Waals surface area (Å²) in [5.74, 6) is 0.616. The summed E-state index contributed by atoms with van der Waals surface area (Å²) in [5, 5.41) is 3.32. The molecule has 0 saturated carbocycles. The maximum Gasteiger partial charge on any atom is 0.227 e. The molecule has 0 aliphatic carbocycles. The van der Waals surface area contributed by atoms with Crippen LogP contribution in [0.2, 0.25) is 0 Å². The lowest BCUT2D eigenvalue weighted by molar-refractivity contribution is -0.137. The van der Waals surface area contributed by atoms with Crippen molar-refractivity contribution in [3.05, 3.63) is 0 Å². The number of carbonyl (C=O) groups excluding carboxylic acids is 1. The number of halogens is 2. The number of piperidine rings is 1. The van der Waals surface area contributed by atoms with Crippen LogP contribution in [-0.2, 0) is 4.79 Å². The van der Waals surface area contributed by atoms with Gasteiger partial charge in [0.05, 0.1) is 5.92 Å². The number of piperazine rings is 1. The Hall–Kier alpha value is -0.0300. The van der Waals surface area contributed by atoms with Crippen LogP contribution in [0, 0.1) is 5.92 Å². The summed E-state index contributed by atoms with van der Waals surface area (Å²) in [6, 6.07) is 0. The molecule has 18 heavy (non-hydrogen) atoms. The van der Waals surface area contributed by atoms with Gasteiger partial charge in [-0.15, -0.1) is 24.8 Å². The van der Waals surface area contributed by atoms with E-state index < -0.39 is 0 Å². The first-order valence-electron chi connectivity index (χ1n) is 6.53. The molecule has 1 N–H and O–H groups in total. The van der Waals surface area contributed by atoms with Crippen molar-refractivity contribution in [1.82, 2.24) is 15.1 Å². The van der Waals surface area contributed by atoms with Crippen molar-refractivity contribution in [2.45, 2.75) is 19.8 Å². The van der Waals surface area contributed by atoms with E-state index >= 15 is 0 Å². The Morgan fingerprint density at radius 3 is 2.39 bits per heavy atom. The molecule has 0 radical (unpaired) electrons. The summed E-state index contributed by atoms with van der Waals surface area (Å²) < 4.78 is 0. The summed E-state index contributed by atoms with van der Waals surface area (Å²) in [6.45, 7) is 9.17. The van der Waals surface area contributed by atoms with E-state index in [0.717, 1.165) is 58.7 Å². The molecule has 1 amide bonds. The molecule has 0 spiro atoms. The molecule has 108 valence electrons. The predicted octanol–water partition coefficient (Wildman–Crippen LogP) is 0.994. The summed E-state index contributed by atoms with van der Waals surface area (Å²) in [5.41, 5.74) is 0. The predicted molar refractivity (Wildman–Crippen MR) is 78.8 cm³/mol. The highest BCUT2D eigenvalue weighted by Crippen LogP contribution is 2.14. The van der Waals surface area contributed by atoms with Crippen molar-refractivity contribution >= 4 is 30.7 Å². The highest BCUT2D eigenvalue weighted by atomic mass is 35.5. The van der Waals surface area contributed by atoms with Crippen LogP contribution in [0.3, 0.4) is 0 Å². The number of amides is 1. The molecule has 1 unspecified atom stereocenters. The van der Waals surface area contributed by atoms with Crippen LogP contribution in [-0.4, -0.2) is 61.5 Å². The third kappa shape index (κ3) is 4.57. The van der Waals surface area contributed by atoms with Crippen LogP contribution in [0.4, 0.5) is 0 Å². The molecule has 0 aromatic heterocycles. The topological polar surface area (TPSA) is 35.6 Å². The fraction of sp³-hybridized carbons (Fsp3) is 0.917. The zero-order valence-electron chi connectivity index (χ0n) is 11.1. The molecule has 0 bridgehead atoms. The monoisotopic (exact) mass is 297 g/mol. The second kappa shape index (κ2) is 8.97. The normalized spacial score (nSPS) is 24.9. The van der Waals surface area contributed by atoms with Gasteiger partial charge in [0.15, 0.2) is 0 Å². The van der Waals surface area contributed by atoms with E-state index in [2.05, 4.69) is 22.0 Å². The minimum Gasteiger partial charge on any atom is -0.340 e. The van der Waals surface area contributed by atoms with Gasteiger partial charge in [0.25, 0.3) is 0 Å². The summed E-state index contributed by atoms with van der Waals surface area (Å²) in [7, 11) is 0. The highest BCUT2D eigenvalue weighted by molar-refractivity contribution is 5.85. The number of nitrogens with one attached hydrogen (secondary N) is 1. The summed E-state index contributed by atoms with van der Waals surface area (Å²) in [4.78, 5) is 16.7. The van der Waals surface area contributed by atoms with Crippen molar-refractivity contribution in [2.75, 3.05) is 45.8 Å². The Morgan fingerprint density at radius 2 is 1.89 bits per heavy atom. The average Bonchev–Trinajstić information content (AvgIpc) is 2.39. The Labute approximate surface area is 122 Å². The molecule has 2 fully saturated rings. The molecule has 2 rings (SSSR count). The van der Waals surface area contributed by atoms with E-state index in [-0.39, 0.29) is 30.7 Å². The Balaban J connectivity index is 0.00000144. The molecule has 0 aromatic rings. The molecule has 2 heterocycles. The van der Waals surface area contributed by atoms with Crippen molar-refractivity contribution in [2.24, 2.45) is 5.92 Å². The number of carbonyl (C=O) groups is 1. The van der Waals surface area contributed by atoms with Gasteiger partial charge in [-0.1, -0.05) is 6.92 Å². The van der Waals surface area contributed by atoms with Gasteiger partial charge in [-0.25, -0.2) is 0 Å². The van der Waals surface area contributed by atoms with E-state index in [4.69, 9.17) is 0 Å². The molecule has 2 aliphatic rings. The molecule has 6 heteroatoms. The van der Waals surface area contributed by atoms with Gasteiger partial charge >= 0.3 is 0 Å². The van der Waals surface area contributed by atoms with Crippen LogP contribution in [0.1, 0.15) is 19.8 Å². The second-order valence-electron chi connectivity index (χ2n) is 4.80. The fourth-order valence-corrected chi connectivity index (χ4v) is 2.61. The van der Waals surface area contributed by atoms with Crippen molar-refractivity contribution < 1.29 is 4.79 Å². The SMILES string of the molecule is CCN1CCN(C(=O)C2CCCNC2)CC1.Cl.Cl. The Bertz CT molecular complexity index is 239. The number of hydrogen-bond donors (Lipinski definition) is 1. The van der Waals surface area contributed by atoms with Crippen LogP contribution in [0.15, 0.2) is 0 Å². The van der Waals surface area contributed by atoms with Gasteiger partial charge in [0, 0.05) is 32.7 Å². The van der Waals surface area contributed by atoms with E-state index in [1.54, 1.807) is 0 Å². The van der Waals surface area contributed by atoms with Gasteiger partial charge in [-0.2, -0.15) is 0 Å². The van der Waals surface area contributed by atoms with Crippen LogP contribution >= 0.6 is 24.8 Å². The molecule has 4 nitrogen and oxygen atoms in total. The van der Waals surface area contributed by atoms with E-state index in [9.17, 15) is 4.79 Å². The second-order valence-corrected chi connectivity index (χ2v) is 4.80. The minimum atomic E-state index is 0. The number of nitrogens with zero attached hydrogens (tertiary/aromatic N) is 2. The van der Waals surface area contributed by atoms with Gasteiger partial charge in [-0.3, -0.25) is 4.79 Å². The fourth-order valence-electron chi connectivity index (χ4n) is 2.61. The summed E-state index contributed by atoms with van der Waals surface area (Å²) >= 11 is 0.